The van der Waals surface area contributed by atoms with Gasteiger partial charge in [0.2, 0.25) is 5.78 Å². The van der Waals surface area contributed by atoms with Crippen molar-refractivity contribution in [3.05, 3.63) is 81.6 Å². The van der Waals surface area contributed by atoms with Gasteiger partial charge in [0.15, 0.2) is 23.0 Å². The lowest BCUT2D eigenvalue weighted by Gasteiger charge is -2.52. The van der Waals surface area contributed by atoms with Crippen molar-refractivity contribution in [2.45, 2.75) is 51.5 Å². The van der Waals surface area contributed by atoms with Crippen LogP contribution in [0.25, 0.3) is 0 Å². The van der Waals surface area contributed by atoms with Gasteiger partial charge in [0, 0.05) is 41.4 Å². The molecule has 0 radical (unpaired) electrons. The molecule has 1 fully saturated rings. The van der Waals surface area contributed by atoms with Crippen LogP contribution >= 0.6 is 0 Å². The number of aryl methyl sites for hydroxylation is 1. The molecule has 2 heterocycles. The Kier molecular flexibility index (Phi) is 7.30. The average molecular weight is 528 g/mol. The molecule has 2 aliphatic heterocycles. The van der Waals surface area contributed by atoms with Gasteiger partial charge in [-0.15, -0.1) is 0 Å². The highest BCUT2D eigenvalue weighted by Gasteiger charge is 2.51. The van der Waals surface area contributed by atoms with Crippen LogP contribution in [-0.4, -0.2) is 67.3 Å². The van der Waals surface area contributed by atoms with Crippen molar-refractivity contribution < 1.29 is 23.8 Å². The molecule has 8 nitrogen and oxygen atoms in total. The standard InChI is InChI=1S/C31H33N3O5/c1-18-11-12-21(31(29(18)37-4)39-17-20-9-7-6-8-10-20)15-34-16-25-26-22(13-23(33(25)3)24(34)14-32)27(35)19(2)30(38-5)28(26)36/h6-12,23-25H,13,15-17H2,1-5H3/t23-,24-,25-/m0/s1. The number of benzene rings is 2. The number of hydrogen-bond donors (Lipinski definition) is 0. The van der Waals surface area contributed by atoms with Crippen molar-refractivity contribution in [3.8, 4) is 17.6 Å². The summed E-state index contributed by atoms with van der Waals surface area (Å²) in [7, 11) is 4.98. The molecule has 2 bridgehead atoms. The molecule has 0 spiro atoms. The van der Waals surface area contributed by atoms with E-state index in [2.05, 4.69) is 15.9 Å². The minimum absolute atomic E-state index is 0.111. The first-order valence-corrected chi connectivity index (χ1v) is 13.1. The fourth-order valence-electron chi connectivity index (χ4n) is 6.12. The van der Waals surface area contributed by atoms with Gasteiger partial charge in [-0.3, -0.25) is 19.4 Å². The first-order chi connectivity index (χ1) is 18.8. The van der Waals surface area contributed by atoms with E-state index < -0.39 is 6.04 Å². The number of hydrogen-bond acceptors (Lipinski definition) is 8. The quantitative estimate of drug-likeness (QED) is 0.503. The zero-order valence-electron chi connectivity index (χ0n) is 23.0. The Morgan fingerprint density at radius 2 is 1.74 bits per heavy atom. The number of Topliss-reactive ketones (excluding diaryl/α,β-unsaturated/α-hetero) is 2. The van der Waals surface area contributed by atoms with E-state index in [0.29, 0.717) is 54.3 Å². The van der Waals surface area contributed by atoms with Crippen molar-refractivity contribution in [3.63, 3.8) is 0 Å². The summed E-state index contributed by atoms with van der Waals surface area (Å²) in [4.78, 5) is 30.9. The van der Waals surface area contributed by atoms with Crippen molar-refractivity contribution in [1.29, 1.82) is 5.26 Å². The summed E-state index contributed by atoms with van der Waals surface area (Å²) in [5.41, 5.74) is 4.23. The Morgan fingerprint density at radius 3 is 2.41 bits per heavy atom. The van der Waals surface area contributed by atoms with E-state index in [1.165, 1.54) is 7.11 Å². The summed E-state index contributed by atoms with van der Waals surface area (Å²) < 4.78 is 17.4. The SMILES string of the molecule is COC1=C(C)C(=O)C2=C(C1=O)[C@@H]1CN(Cc3ccc(C)c(OC)c3OCc3ccccc3)[C@@H](C#N)[C@H](C2)N1C. The van der Waals surface area contributed by atoms with Gasteiger partial charge in [-0.2, -0.15) is 5.26 Å². The number of allylic oxidation sites excluding steroid dienone is 2. The molecule has 0 saturated carbocycles. The van der Waals surface area contributed by atoms with Gasteiger partial charge in [-0.1, -0.05) is 42.5 Å². The van der Waals surface area contributed by atoms with Crippen LogP contribution in [0.1, 0.15) is 30.0 Å². The zero-order chi connectivity index (χ0) is 27.8. The molecule has 0 unspecified atom stereocenters. The molecular formula is C31H33N3O5. The molecule has 3 aliphatic rings. The molecule has 2 aromatic rings. The third-order valence-electron chi connectivity index (χ3n) is 8.19. The number of likely N-dealkylation sites (N-methyl/N-ethyl adjacent to an activating group) is 1. The fraction of sp³-hybridized carbons (Fsp3) is 0.387. The van der Waals surface area contributed by atoms with Crippen LogP contribution in [0.4, 0.5) is 0 Å². The Balaban J connectivity index is 1.49. The Hall–Kier alpha value is -3.93. The maximum atomic E-state index is 13.5. The molecule has 2 aromatic carbocycles. The van der Waals surface area contributed by atoms with E-state index in [1.807, 2.05) is 56.4 Å². The molecule has 8 heteroatoms. The summed E-state index contributed by atoms with van der Waals surface area (Å²) >= 11 is 0. The summed E-state index contributed by atoms with van der Waals surface area (Å²) in [6.07, 6.45) is 0.338. The lowest BCUT2D eigenvalue weighted by atomic mass is 9.74. The number of carbonyl (C=O) groups excluding carboxylic acids is 2. The second-order valence-electron chi connectivity index (χ2n) is 10.3. The van der Waals surface area contributed by atoms with Gasteiger partial charge in [0.1, 0.15) is 12.6 Å². The molecule has 0 aromatic heterocycles. The molecule has 5 rings (SSSR count). The predicted molar refractivity (Wildman–Crippen MR) is 145 cm³/mol. The van der Waals surface area contributed by atoms with Gasteiger partial charge in [0.25, 0.3) is 0 Å². The summed E-state index contributed by atoms with van der Waals surface area (Å²) in [6.45, 7) is 4.82. The van der Waals surface area contributed by atoms with E-state index in [9.17, 15) is 14.9 Å². The van der Waals surface area contributed by atoms with Gasteiger partial charge >= 0.3 is 0 Å². The van der Waals surface area contributed by atoms with Crippen molar-refractivity contribution >= 4 is 11.6 Å². The smallest absolute Gasteiger partial charge is 0.225 e. The minimum Gasteiger partial charge on any atom is -0.493 e. The maximum Gasteiger partial charge on any atom is 0.225 e. The van der Waals surface area contributed by atoms with E-state index in [1.54, 1.807) is 14.0 Å². The number of piperazine rings is 1. The van der Waals surface area contributed by atoms with Crippen LogP contribution in [0.2, 0.25) is 0 Å². The molecule has 1 saturated heterocycles. The van der Waals surface area contributed by atoms with Crippen molar-refractivity contribution in [2.75, 3.05) is 27.8 Å². The largest absolute Gasteiger partial charge is 0.493 e. The van der Waals surface area contributed by atoms with Gasteiger partial charge in [-0.25, -0.2) is 0 Å². The van der Waals surface area contributed by atoms with Gasteiger partial charge in [0.05, 0.1) is 26.3 Å². The second-order valence-corrected chi connectivity index (χ2v) is 10.3. The highest BCUT2D eigenvalue weighted by atomic mass is 16.5. The molecule has 202 valence electrons. The van der Waals surface area contributed by atoms with Crippen molar-refractivity contribution in [1.82, 2.24) is 9.80 Å². The molecule has 39 heavy (non-hydrogen) atoms. The molecule has 0 amide bonds. The highest BCUT2D eigenvalue weighted by Crippen LogP contribution is 2.42. The number of rotatable bonds is 7. The van der Waals surface area contributed by atoms with Crippen LogP contribution in [-0.2, 0) is 27.5 Å². The minimum atomic E-state index is -0.481. The zero-order valence-corrected chi connectivity index (χ0v) is 23.0. The first kappa shape index (κ1) is 26.7. The predicted octanol–water partition coefficient (Wildman–Crippen LogP) is 3.73. The number of ketones is 2. The Bertz CT molecular complexity index is 1420. The monoisotopic (exact) mass is 527 g/mol. The van der Waals surface area contributed by atoms with Crippen LogP contribution in [0, 0.1) is 18.3 Å². The lowest BCUT2D eigenvalue weighted by Crippen LogP contribution is -2.65. The van der Waals surface area contributed by atoms with E-state index in [-0.39, 0.29) is 29.4 Å². The molecular weight excluding hydrogens is 494 g/mol. The molecule has 1 aliphatic carbocycles. The Labute approximate surface area is 229 Å². The third kappa shape index (κ3) is 4.52. The highest BCUT2D eigenvalue weighted by molar-refractivity contribution is 6.25. The lowest BCUT2D eigenvalue weighted by molar-refractivity contribution is -0.121. The first-order valence-electron chi connectivity index (χ1n) is 13.1. The summed E-state index contributed by atoms with van der Waals surface area (Å²) in [5, 5.41) is 10.3. The van der Waals surface area contributed by atoms with Crippen LogP contribution in [0.3, 0.4) is 0 Å². The number of nitriles is 1. The van der Waals surface area contributed by atoms with E-state index in [4.69, 9.17) is 14.2 Å². The van der Waals surface area contributed by atoms with Crippen LogP contribution in [0.15, 0.2) is 64.9 Å². The summed E-state index contributed by atoms with van der Waals surface area (Å²) in [6, 6.07) is 15.4. The topological polar surface area (TPSA) is 92.1 Å². The van der Waals surface area contributed by atoms with Crippen LogP contribution < -0.4 is 9.47 Å². The average Bonchev–Trinajstić information content (AvgIpc) is 2.93. The van der Waals surface area contributed by atoms with Crippen molar-refractivity contribution in [2.24, 2.45) is 0 Å². The fourth-order valence-corrected chi connectivity index (χ4v) is 6.12. The van der Waals surface area contributed by atoms with Gasteiger partial charge < -0.3 is 14.2 Å². The number of nitrogens with zero attached hydrogens (tertiary/aromatic N) is 3. The van der Waals surface area contributed by atoms with E-state index >= 15 is 0 Å². The second kappa shape index (κ2) is 10.7. The number of ether oxygens (including phenoxy) is 3. The van der Waals surface area contributed by atoms with Crippen LogP contribution in [0.5, 0.6) is 11.5 Å². The maximum absolute atomic E-state index is 13.5. The Morgan fingerprint density at radius 1 is 1.00 bits per heavy atom. The number of methoxy groups -OCH3 is 2. The summed E-state index contributed by atoms with van der Waals surface area (Å²) in [5.74, 6) is 1.02. The molecule has 3 atom stereocenters. The van der Waals surface area contributed by atoms with E-state index in [0.717, 1.165) is 16.7 Å². The van der Waals surface area contributed by atoms with Gasteiger partial charge in [-0.05, 0) is 38.4 Å². The number of fused-ring (bicyclic) bond motifs is 3. The normalized spacial score (nSPS) is 23.4. The number of carbonyl (C=O) groups is 2. The third-order valence-corrected chi connectivity index (χ3v) is 8.19. The molecule has 0 N–H and O–H groups in total.